The predicted octanol–water partition coefficient (Wildman–Crippen LogP) is 2.78. The van der Waals surface area contributed by atoms with E-state index < -0.39 is 10.0 Å². The van der Waals surface area contributed by atoms with E-state index >= 15 is 0 Å². The highest BCUT2D eigenvalue weighted by Crippen LogP contribution is 2.32. The van der Waals surface area contributed by atoms with Gasteiger partial charge in [-0.2, -0.15) is 4.31 Å². The zero-order valence-electron chi connectivity index (χ0n) is 19.4. The molecule has 0 unspecified atom stereocenters. The topological polar surface area (TPSA) is 93.2 Å². The lowest BCUT2D eigenvalue weighted by Gasteiger charge is -2.34. The highest BCUT2D eigenvalue weighted by atomic mass is 32.2. The first-order valence-corrected chi connectivity index (χ1v) is 12.8. The normalized spacial score (nSPS) is 24.8. The molecule has 0 bridgehead atoms. The molecule has 32 heavy (non-hydrogen) atoms. The van der Waals surface area contributed by atoms with Crippen LogP contribution in [0.1, 0.15) is 50.4 Å². The second-order valence-corrected chi connectivity index (χ2v) is 10.9. The number of esters is 1. The Labute approximate surface area is 190 Å². The molecule has 8 nitrogen and oxygen atoms in total. The van der Waals surface area contributed by atoms with Gasteiger partial charge < -0.3 is 14.4 Å². The average Bonchev–Trinajstić information content (AvgIpc) is 2.77. The molecule has 1 amide bonds. The fraction of sp³-hybridized carbons (Fsp3) is 0.652. The second-order valence-electron chi connectivity index (χ2n) is 8.98. The molecule has 0 radical (unpaired) electrons. The third kappa shape index (κ3) is 5.26. The summed E-state index contributed by atoms with van der Waals surface area (Å²) in [5, 5.41) is 0. The molecule has 3 atom stereocenters. The number of likely N-dealkylation sites (tertiary alicyclic amines) is 1. The summed E-state index contributed by atoms with van der Waals surface area (Å²) in [6.45, 7) is 7.83. The first-order chi connectivity index (χ1) is 15.2. The van der Waals surface area contributed by atoms with Gasteiger partial charge in [-0.15, -0.1) is 0 Å². The second kappa shape index (κ2) is 10.2. The zero-order valence-corrected chi connectivity index (χ0v) is 20.2. The molecule has 0 aliphatic carbocycles. The van der Waals surface area contributed by atoms with Gasteiger partial charge in [0.05, 0.1) is 19.6 Å². The number of nitrogens with zero attached hydrogens (tertiary/aromatic N) is 2. The van der Waals surface area contributed by atoms with Gasteiger partial charge in [-0.1, -0.05) is 13.8 Å². The highest BCUT2D eigenvalue weighted by Gasteiger charge is 2.35. The van der Waals surface area contributed by atoms with Crippen molar-refractivity contribution in [2.24, 2.45) is 17.8 Å². The Balaban J connectivity index is 1.87. The monoisotopic (exact) mass is 466 g/mol. The number of carbonyl (C=O) groups is 2. The Morgan fingerprint density at radius 1 is 1.12 bits per heavy atom. The molecule has 3 rings (SSSR count). The van der Waals surface area contributed by atoms with E-state index in [4.69, 9.17) is 9.47 Å². The van der Waals surface area contributed by atoms with E-state index in [9.17, 15) is 18.0 Å². The molecule has 2 aliphatic heterocycles. The van der Waals surface area contributed by atoms with Crippen LogP contribution in [0.3, 0.4) is 0 Å². The largest absolute Gasteiger partial charge is 0.495 e. The fourth-order valence-electron chi connectivity index (χ4n) is 4.75. The van der Waals surface area contributed by atoms with Gasteiger partial charge in [0.1, 0.15) is 10.6 Å². The van der Waals surface area contributed by atoms with Crippen molar-refractivity contribution < 1.29 is 27.5 Å². The maximum absolute atomic E-state index is 13.5. The maximum Gasteiger partial charge on any atom is 0.310 e. The molecule has 1 aromatic rings. The van der Waals surface area contributed by atoms with E-state index in [-0.39, 0.29) is 52.4 Å². The lowest BCUT2D eigenvalue weighted by atomic mass is 9.94. The molecule has 0 spiro atoms. The maximum atomic E-state index is 13.5. The first kappa shape index (κ1) is 24.5. The molecular formula is C23H34N2O6S. The van der Waals surface area contributed by atoms with Crippen molar-refractivity contribution in [3.8, 4) is 5.75 Å². The Bertz CT molecular complexity index is 938. The van der Waals surface area contributed by atoms with Crippen molar-refractivity contribution in [2.45, 2.75) is 44.9 Å². The lowest BCUT2D eigenvalue weighted by molar-refractivity contribution is -0.149. The summed E-state index contributed by atoms with van der Waals surface area (Å²) in [4.78, 5) is 27.0. The molecular weight excluding hydrogens is 432 g/mol. The minimum atomic E-state index is -3.83. The minimum Gasteiger partial charge on any atom is -0.495 e. The van der Waals surface area contributed by atoms with Gasteiger partial charge in [0.15, 0.2) is 0 Å². The molecule has 9 heteroatoms. The SMILES string of the molecule is CCOC(=O)[C@@H]1CCCN(C(=O)c2ccc(OC)c(S(=O)(=O)N3C[C@H](C)C[C@@H](C)C3)c2)C1. The molecule has 2 fully saturated rings. The van der Waals surface area contributed by atoms with Crippen molar-refractivity contribution in [2.75, 3.05) is 39.9 Å². The first-order valence-electron chi connectivity index (χ1n) is 11.3. The summed E-state index contributed by atoms with van der Waals surface area (Å²) in [7, 11) is -2.40. The molecule has 2 saturated heterocycles. The van der Waals surface area contributed by atoms with Crippen LogP contribution in [0.2, 0.25) is 0 Å². The Hall–Kier alpha value is -2.13. The number of carbonyl (C=O) groups excluding carboxylic acids is 2. The van der Waals surface area contributed by atoms with Crippen LogP contribution in [0.15, 0.2) is 23.1 Å². The number of amides is 1. The predicted molar refractivity (Wildman–Crippen MR) is 120 cm³/mol. The third-order valence-corrected chi connectivity index (χ3v) is 8.05. The Kier molecular flexibility index (Phi) is 7.82. The third-order valence-electron chi connectivity index (χ3n) is 6.19. The summed E-state index contributed by atoms with van der Waals surface area (Å²) < 4.78 is 38.9. The molecule has 178 valence electrons. The van der Waals surface area contributed by atoms with Gasteiger partial charge in [0.25, 0.3) is 5.91 Å². The van der Waals surface area contributed by atoms with Crippen LogP contribution in [0.25, 0.3) is 0 Å². The number of piperidine rings is 2. The molecule has 2 aliphatic rings. The van der Waals surface area contributed by atoms with Gasteiger partial charge in [0, 0.05) is 31.7 Å². The molecule has 0 saturated carbocycles. The van der Waals surface area contributed by atoms with Gasteiger partial charge in [0.2, 0.25) is 10.0 Å². The zero-order chi connectivity index (χ0) is 23.5. The van der Waals surface area contributed by atoms with Crippen molar-refractivity contribution in [1.82, 2.24) is 9.21 Å². The van der Waals surface area contributed by atoms with E-state index in [1.54, 1.807) is 17.9 Å². The van der Waals surface area contributed by atoms with E-state index in [2.05, 4.69) is 0 Å². The quantitative estimate of drug-likeness (QED) is 0.599. The van der Waals surface area contributed by atoms with Crippen LogP contribution >= 0.6 is 0 Å². The highest BCUT2D eigenvalue weighted by molar-refractivity contribution is 7.89. The number of rotatable bonds is 6. The van der Waals surface area contributed by atoms with Crippen LogP contribution < -0.4 is 4.74 Å². The minimum absolute atomic E-state index is 0.00565. The summed E-state index contributed by atoms with van der Waals surface area (Å²) in [5.41, 5.74) is 0.270. The molecule has 0 N–H and O–H groups in total. The van der Waals surface area contributed by atoms with Gasteiger partial charge >= 0.3 is 5.97 Å². The number of benzene rings is 1. The van der Waals surface area contributed by atoms with E-state index in [1.165, 1.54) is 23.5 Å². The van der Waals surface area contributed by atoms with Crippen LogP contribution in [0.4, 0.5) is 0 Å². The van der Waals surface area contributed by atoms with E-state index in [0.29, 0.717) is 39.1 Å². The standard InChI is InChI=1S/C23H34N2O6S/c1-5-31-23(27)19-7-6-10-24(15-19)22(26)18-8-9-20(30-4)21(12-18)32(28,29)25-13-16(2)11-17(3)14-25/h8-9,12,16-17,19H,5-7,10-11,13-15H2,1-4H3/t16-,17-,19-/m1/s1. The lowest BCUT2D eigenvalue weighted by Crippen LogP contribution is -2.43. The van der Waals surface area contributed by atoms with E-state index in [1.807, 2.05) is 13.8 Å². The molecule has 2 heterocycles. The average molecular weight is 467 g/mol. The number of ether oxygens (including phenoxy) is 2. The van der Waals surface area contributed by atoms with Crippen molar-refractivity contribution in [3.63, 3.8) is 0 Å². The summed E-state index contributed by atoms with van der Waals surface area (Å²) in [6.07, 6.45) is 2.36. The summed E-state index contributed by atoms with van der Waals surface area (Å²) >= 11 is 0. The smallest absolute Gasteiger partial charge is 0.310 e. The van der Waals surface area contributed by atoms with Gasteiger partial charge in [-0.05, 0) is 56.2 Å². The van der Waals surface area contributed by atoms with Crippen molar-refractivity contribution in [3.05, 3.63) is 23.8 Å². The Morgan fingerprint density at radius 3 is 2.44 bits per heavy atom. The molecule has 0 aromatic heterocycles. The summed E-state index contributed by atoms with van der Waals surface area (Å²) in [6, 6.07) is 4.52. The number of hydrogen-bond acceptors (Lipinski definition) is 6. The fourth-order valence-corrected chi connectivity index (χ4v) is 6.61. The van der Waals surface area contributed by atoms with E-state index in [0.717, 1.165) is 6.42 Å². The van der Waals surface area contributed by atoms with Crippen LogP contribution in [-0.4, -0.2) is 69.4 Å². The number of sulfonamides is 1. The Morgan fingerprint density at radius 2 is 1.81 bits per heavy atom. The van der Waals surface area contributed by atoms with Crippen LogP contribution in [0.5, 0.6) is 5.75 Å². The van der Waals surface area contributed by atoms with Crippen molar-refractivity contribution >= 4 is 21.9 Å². The number of methoxy groups -OCH3 is 1. The molecule has 1 aromatic carbocycles. The van der Waals surface area contributed by atoms with Crippen molar-refractivity contribution in [1.29, 1.82) is 0 Å². The number of hydrogen-bond donors (Lipinski definition) is 0. The van der Waals surface area contributed by atoms with Gasteiger partial charge in [-0.3, -0.25) is 9.59 Å². The summed E-state index contributed by atoms with van der Waals surface area (Å²) in [5.74, 6) is -0.203. The van der Waals surface area contributed by atoms with Gasteiger partial charge in [-0.25, -0.2) is 8.42 Å². The van der Waals surface area contributed by atoms with Crippen LogP contribution in [0, 0.1) is 17.8 Å². The van der Waals surface area contributed by atoms with Crippen LogP contribution in [-0.2, 0) is 19.6 Å².